The van der Waals surface area contributed by atoms with E-state index in [0.29, 0.717) is 0 Å². The van der Waals surface area contributed by atoms with Gasteiger partial charge in [0.25, 0.3) is 0 Å². The highest BCUT2D eigenvalue weighted by molar-refractivity contribution is 6.63. The first kappa shape index (κ1) is 30.0. The minimum Gasteiger partial charge on any atom is -0.520 e. The van der Waals surface area contributed by atoms with E-state index in [9.17, 15) is 52.7 Å². The number of fused-ring (bicyclic) bond motifs is 3. The van der Waals surface area contributed by atoms with E-state index in [1.165, 1.54) is 0 Å². The summed E-state index contributed by atoms with van der Waals surface area (Å²) < 4.78 is 226. The minimum absolute atomic E-state index is 0.135. The van der Waals surface area contributed by atoms with Crippen molar-refractivity contribution in [3.05, 3.63) is 111 Å². The monoisotopic (exact) mass is 632 g/mol. The standard InChI is InChI=1S/C25H4BF15O2/c27-5-1-3-7(16(31)14(5)29)42-26(43-8-4-2-6(28)15(30)17(8)32)13-11-9(18(33)22(37)21(13)36)10-12(25(11,40)41)20(35)24(39)23(38)19(10)34/h1-4H. The molecule has 0 N–H and O–H groups in total. The lowest BCUT2D eigenvalue weighted by atomic mass is 9.72. The van der Waals surface area contributed by atoms with Crippen molar-refractivity contribution in [1.29, 1.82) is 0 Å². The summed E-state index contributed by atoms with van der Waals surface area (Å²) in [6.45, 7) is 0. The smallest absolute Gasteiger partial charge is 0.520 e. The molecule has 0 unspecified atom stereocenters. The van der Waals surface area contributed by atoms with Crippen LogP contribution in [0.2, 0.25) is 0 Å². The zero-order valence-electron chi connectivity index (χ0n) is 19.9. The molecule has 0 saturated carbocycles. The van der Waals surface area contributed by atoms with Gasteiger partial charge in [-0.05, 0) is 24.3 Å². The quantitative estimate of drug-likeness (QED) is 0.0985. The van der Waals surface area contributed by atoms with Gasteiger partial charge in [-0.15, -0.1) is 0 Å². The second-order valence-corrected chi connectivity index (χ2v) is 8.60. The van der Waals surface area contributed by atoms with Crippen molar-refractivity contribution >= 4 is 12.6 Å². The molecule has 18 heteroatoms. The second-order valence-electron chi connectivity index (χ2n) is 8.60. The Morgan fingerprint density at radius 1 is 0.419 bits per heavy atom. The normalized spacial score (nSPS) is 13.2. The molecular weight excluding hydrogens is 628 g/mol. The van der Waals surface area contributed by atoms with Crippen molar-refractivity contribution in [3.63, 3.8) is 0 Å². The average molecular weight is 632 g/mol. The lowest BCUT2D eigenvalue weighted by Gasteiger charge is -2.23. The third kappa shape index (κ3) is 4.24. The van der Waals surface area contributed by atoms with E-state index in [2.05, 4.69) is 0 Å². The molecule has 1 aliphatic carbocycles. The Kier molecular flexibility index (Phi) is 7.00. The molecule has 0 heterocycles. The largest absolute Gasteiger partial charge is 0.636 e. The number of hydrogen-bond donors (Lipinski definition) is 0. The lowest BCUT2D eigenvalue weighted by molar-refractivity contribution is 0.0433. The summed E-state index contributed by atoms with van der Waals surface area (Å²) in [5.74, 6) is -41.1. The zero-order chi connectivity index (χ0) is 31.9. The fourth-order valence-electron chi connectivity index (χ4n) is 4.32. The molecule has 0 saturated heterocycles. The van der Waals surface area contributed by atoms with E-state index >= 15 is 13.2 Å². The fourth-order valence-corrected chi connectivity index (χ4v) is 4.32. The summed E-state index contributed by atoms with van der Waals surface area (Å²) in [5, 5.41) is 0. The van der Waals surface area contributed by atoms with Gasteiger partial charge >= 0.3 is 13.0 Å². The Morgan fingerprint density at radius 2 is 0.814 bits per heavy atom. The Labute approximate surface area is 228 Å². The number of alkyl halides is 2. The molecule has 0 aliphatic heterocycles. The van der Waals surface area contributed by atoms with Crippen LogP contribution in [0.5, 0.6) is 11.5 Å². The predicted octanol–water partition coefficient (Wildman–Crippen LogP) is 7.47. The van der Waals surface area contributed by atoms with E-state index < -0.39 is 128 Å². The molecule has 4 aromatic carbocycles. The molecule has 4 aromatic rings. The SMILES string of the molecule is Fc1ccc(OB(Oc2ccc(F)c(F)c2F)c2c(F)c(F)c(F)c3c2C(F)(F)c2c(F)c(F)c(F)c(F)c2-3)c(F)c1F. The van der Waals surface area contributed by atoms with E-state index in [1.807, 2.05) is 0 Å². The van der Waals surface area contributed by atoms with Gasteiger partial charge in [-0.1, -0.05) is 0 Å². The maximum Gasteiger partial charge on any atom is 0.636 e. The Morgan fingerprint density at radius 3 is 1.28 bits per heavy atom. The molecule has 0 amide bonds. The van der Waals surface area contributed by atoms with E-state index in [-0.39, 0.29) is 24.3 Å². The summed E-state index contributed by atoms with van der Waals surface area (Å²) in [4.78, 5) is 0. The zero-order valence-corrected chi connectivity index (χ0v) is 19.9. The van der Waals surface area contributed by atoms with Crippen molar-refractivity contribution in [1.82, 2.24) is 0 Å². The Hall–Kier alpha value is -4.51. The summed E-state index contributed by atoms with van der Waals surface area (Å²) in [6.07, 6.45) is 0. The molecule has 43 heavy (non-hydrogen) atoms. The van der Waals surface area contributed by atoms with E-state index in [1.54, 1.807) is 0 Å². The van der Waals surface area contributed by atoms with Gasteiger partial charge in [0.1, 0.15) is 11.5 Å². The first-order valence-corrected chi connectivity index (χ1v) is 11.1. The van der Waals surface area contributed by atoms with Crippen LogP contribution in [0.25, 0.3) is 11.1 Å². The first-order chi connectivity index (χ1) is 20.0. The van der Waals surface area contributed by atoms with E-state index in [0.717, 1.165) is 0 Å². The van der Waals surface area contributed by atoms with Gasteiger partial charge in [0, 0.05) is 16.7 Å². The summed E-state index contributed by atoms with van der Waals surface area (Å²) in [7, 11) is -3.37. The van der Waals surface area contributed by atoms with Gasteiger partial charge in [-0.3, -0.25) is 0 Å². The number of hydrogen-bond acceptors (Lipinski definition) is 2. The van der Waals surface area contributed by atoms with Crippen LogP contribution in [0.3, 0.4) is 0 Å². The van der Waals surface area contributed by atoms with Gasteiger partial charge in [0.2, 0.25) is 11.6 Å². The number of halogens is 15. The van der Waals surface area contributed by atoms with E-state index in [4.69, 9.17) is 9.31 Å². The third-order valence-electron chi connectivity index (χ3n) is 6.21. The third-order valence-corrected chi connectivity index (χ3v) is 6.21. The van der Waals surface area contributed by atoms with Crippen LogP contribution < -0.4 is 14.8 Å². The van der Waals surface area contributed by atoms with Gasteiger partial charge < -0.3 is 9.31 Å². The maximum atomic E-state index is 15.6. The van der Waals surface area contributed by atoms with Crippen molar-refractivity contribution in [2.75, 3.05) is 0 Å². The molecular formula is C25H4BF15O2. The molecule has 224 valence electrons. The highest BCUT2D eigenvalue weighted by Gasteiger charge is 2.57. The molecule has 5 rings (SSSR count). The highest BCUT2D eigenvalue weighted by Crippen LogP contribution is 2.54. The molecule has 0 bridgehead atoms. The minimum atomic E-state index is -5.35. The topological polar surface area (TPSA) is 18.5 Å². The highest BCUT2D eigenvalue weighted by atomic mass is 19.3. The fraction of sp³-hybridized carbons (Fsp3) is 0.0400. The molecule has 2 nitrogen and oxygen atoms in total. The average Bonchev–Trinajstić information content (AvgIpc) is 3.21. The maximum absolute atomic E-state index is 15.6. The molecule has 1 aliphatic rings. The Bertz CT molecular complexity index is 1800. The lowest BCUT2D eigenvalue weighted by Crippen LogP contribution is -2.49. The van der Waals surface area contributed by atoms with Crippen molar-refractivity contribution < 1.29 is 75.2 Å². The van der Waals surface area contributed by atoms with Crippen LogP contribution in [0.1, 0.15) is 11.1 Å². The van der Waals surface area contributed by atoms with Crippen molar-refractivity contribution in [3.8, 4) is 22.6 Å². The van der Waals surface area contributed by atoms with Crippen LogP contribution >= 0.6 is 0 Å². The van der Waals surface area contributed by atoms with Crippen LogP contribution in [-0.2, 0) is 5.92 Å². The van der Waals surface area contributed by atoms with Crippen LogP contribution in [0, 0.1) is 75.6 Å². The van der Waals surface area contributed by atoms with Crippen LogP contribution in [0.4, 0.5) is 65.9 Å². The van der Waals surface area contributed by atoms with Gasteiger partial charge in [-0.2, -0.15) is 17.6 Å². The molecule has 0 radical (unpaired) electrons. The van der Waals surface area contributed by atoms with Gasteiger partial charge in [-0.25, -0.2) is 48.3 Å². The number of benzene rings is 4. The second kappa shape index (κ2) is 10.0. The van der Waals surface area contributed by atoms with Crippen LogP contribution in [-0.4, -0.2) is 7.12 Å². The summed E-state index contributed by atoms with van der Waals surface area (Å²) >= 11 is 0. The van der Waals surface area contributed by atoms with Gasteiger partial charge in [0.15, 0.2) is 64.0 Å². The molecule has 0 fully saturated rings. The van der Waals surface area contributed by atoms with Crippen LogP contribution in [0.15, 0.2) is 24.3 Å². The molecule has 0 atom stereocenters. The van der Waals surface area contributed by atoms with Crippen molar-refractivity contribution in [2.45, 2.75) is 5.92 Å². The van der Waals surface area contributed by atoms with Gasteiger partial charge in [0.05, 0.1) is 11.0 Å². The first-order valence-electron chi connectivity index (χ1n) is 11.1. The molecule has 0 aromatic heterocycles. The summed E-state index contributed by atoms with van der Waals surface area (Å²) in [5.41, 5.74) is -11.4. The number of rotatable bonds is 5. The predicted molar refractivity (Wildman–Crippen MR) is 114 cm³/mol. The Balaban J connectivity index is 1.86. The molecule has 0 spiro atoms. The summed E-state index contributed by atoms with van der Waals surface area (Å²) in [6, 6.07) is 0.660. The van der Waals surface area contributed by atoms with Crippen molar-refractivity contribution in [2.24, 2.45) is 0 Å².